The number of nitrogens with zero attached hydrogens (tertiary/aromatic N) is 4. The zero-order valence-corrected chi connectivity index (χ0v) is 15.2. The minimum atomic E-state index is -0.455. The number of methoxy groups -OCH3 is 1. The minimum absolute atomic E-state index is 0.185. The van der Waals surface area contributed by atoms with Crippen molar-refractivity contribution in [3.8, 4) is 11.1 Å². The number of aromatic nitrogens is 5. The van der Waals surface area contributed by atoms with Gasteiger partial charge in [-0.15, -0.1) is 0 Å². The molecule has 0 spiro atoms. The fourth-order valence-electron chi connectivity index (χ4n) is 3.63. The van der Waals surface area contributed by atoms with Crippen LogP contribution < -0.4 is 5.32 Å². The molecule has 0 radical (unpaired) electrons. The first-order valence-electron chi connectivity index (χ1n) is 9.06. The molecule has 4 aromatic rings. The van der Waals surface area contributed by atoms with Crippen LogP contribution in [0, 0.1) is 5.82 Å². The number of hydrogen-bond donors (Lipinski definition) is 3. The summed E-state index contributed by atoms with van der Waals surface area (Å²) < 4.78 is 21.3. The molecule has 144 valence electrons. The van der Waals surface area contributed by atoms with Crippen molar-refractivity contribution in [1.29, 1.82) is 0 Å². The van der Waals surface area contributed by atoms with Crippen molar-refractivity contribution in [2.45, 2.75) is 31.6 Å². The smallest absolute Gasteiger partial charge is 0.224 e. The Balaban J connectivity index is 1.49. The first-order chi connectivity index (χ1) is 13.7. The van der Waals surface area contributed by atoms with Crippen molar-refractivity contribution in [3.05, 3.63) is 42.4 Å². The molecule has 1 aliphatic rings. The summed E-state index contributed by atoms with van der Waals surface area (Å²) in [4.78, 5) is 16.1. The van der Waals surface area contributed by atoms with Gasteiger partial charge >= 0.3 is 0 Å². The minimum Gasteiger partial charge on any atom is -0.390 e. The molecule has 0 aromatic carbocycles. The normalized spacial score (nSPS) is 19.2. The number of aliphatic hydroxyl groups is 1. The molecule has 0 unspecified atom stereocenters. The number of halogens is 1. The summed E-state index contributed by atoms with van der Waals surface area (Å²) in [5.74, 6) is 0.0997. The van der Waals surface area contributed by atoms with Crippen molar-refractivity contribution in [1.82, 2.24) is 24.3 Å². The Kier molecular flexibility index (Phi) is 3.99. The zero-order chi connectivity index (χ0) is 19.3. The van der Waals surface area contributed by atoms with E-state index in [2.05, 4.69) is 25.3 Å². The van der Waals surface area contributed by atoms with E-state index in [0.29, 0.717) is 35.0 Å². The van der Waals surface area contributed by atoms with Crippen LogP contribution in [0.4, 0.5) is 10.3 Å². The number of aromatic amines is 1. The van der Waals surface area contributed by atoms with Gasteiger partial charge in [0.2, 0.25) is 5.95 Å². The monoisotopic (exact) mass is 382 g/mol. The molecule has 4 aromatic heterocycles. The average molecular weight is 382 g/mol. The Hall–Kier alpha value is -3.04. The lowest BCUT2D eigenvalue weighted by atomic mass is 9.89. The molecule has 1 fully saturated rings. The molecule has 8 nitrogen and oxygen atoms in total. The van der Waals surface area contributed by atoms with E-state index >= 15 is 0 Å². The third-order valence-electron chi connectivity index (χ3n) is 5.30. The molecule has 1 saturated carbocycles. The largest absolute Gasteiger partial charge is 0.390 e. The first kappa shape index (κ1) is 17.1. The average Bonchev–Trinajstić information content (AvgIpc) is 3.27. The first-order valence-corrected chi connectivity index (χ1v) is 9.06. The molecular formula is C19H19FN6O2. The summed E-state index contributed by atoms with van der Waals surface area (Å²) in [6.07, 6.45) is 8.90. The number of aliphatic hydroxyl groups excluding tert-OH is 1. The molecule has 5 rings (SSSR count). The Morgan fingerprint density at radius 3 is 3.00 bits per heavy atom. The fraction of sp³-hybridized carbons (Fsp3) is 0.316. The van der Waals surface area contributed by atoms with E-state index in [0.717, 1.165) is 23.8 Å². The van der Waals surface area contributed by atoms with Gasteiger partial charge in [0.25, 0.3) is 0 Å². The van der Waals surface area contributed by atoms with E-state index in [1.165, 1.54) is 12.3 Å². The molecule has 9 heteroatoms. The summed E-state index contributed by atoms with van der Waals surface area (Å²) in [5.41, 5.74) is 2.81. The van der Waals surface area contributed by atoms with Crippen LogP contribution >= 0.6 is 0 Å². The second-order valence-electron chi connectivity index (χ2n) is 7.01. The lowest BCUT2D eigenvalue weighted by Crippen LogP contribution is -2.40. The van der Waals surface area contributed by atoms with Gasteiger partial charge in [0.1, 0.15) is 5.65 Å². The third kappa shape index (κ3) is 2.71. The van der Waals surface area contributed by atoms with Gasteiger partial charge in [-0.2, -0.15) is 4.98 Å². The van der Waals surface area contributed by atoms with Crippen LogP contribution in [-0.4, -0.2) is 48.7 Å². The number of H-pyrrole nitrogens is 1. The molecule has 0 saturated heterocycles. The summed E-state index contributed by atoms with van der Waals surface area (Å²) in [5, 5.41) is 13.5. The van der Waals surface area contributed by atoms with Crippen LogP contribution in [-0.2, 0) is 11.3 Å². The summed E-state index contributed by atoms with van der Waals surface area (Å²) in [6, 6.07) is 1.74. The van der Waals surface area contributed by atoms with E-state index in [1.54, 1.807) is 30.1 Å². The highest BCUT2D eigenvalue weighted by Crippen LogP contribution is 2.30. The van der Waals surface area contributed by atoms with Gasteiger partial charge < -0.3 is 20.1 Å². The number of fused-ring (bicyclic) bond motifs is 2. The maximum absolute atomic E-state index is 14.5. The molecular weight excluding hydrogens is 363 g/mol. The van der Waals surface area contributed by atoms with Crippen molar-refractivity contribution < 1.29 is 14.2 Å². The maximum Gasteiger partial charge on any atom is 0.224 e. The SMILES string of the molecule is COC1CC(Nc2ncc3c(-c4cc(F)c5ncc(CO)n5c4)c[nH]c3n2)C1. The van der Waals surface area contributed by atoms with Crippen LogP contribution in [0.2, 0.25) is 0 Å². The number of pyridine rings is 1. The zero-order valence-electron chi connectivity index (χ0n) is 15.2. The van der Waals surface area contributed by atoms with Crippen molar-refractivity contribution in [3.63, 3.8) is 0 Å². The van der Waals surface area contributed by atoms with E-state index in [9.17, 15) is 9.50 Å². The van der Waals surface area contributed by atoms with Crippen molar-refractivity contribution in [2.75, 3.05) is 12.4 Å². The van der Waals surface area contributed by atoms with Crippen molar-refractivity contribution >= 4 is 22.6 Å². The summed E-state index contributed by atoms with van der Waals surface area (Å²) in [6.45, 7) is -0.221. The Labute approximate surface area is 159 Å². The molecule has 3 N–H and O–H groups in total. The Bertz CT molecular complexity index is 1160. The number of nitrogens with one attached hydrogen (secondary N) is 2. The van der Waals surface area contributed by atoms with Gasteiger partial charge in [-0.1, -0.05) is 0 Å². The van der Waals surface area contributed by atoms with Gasteiger partial charge in [0.05, 0.1) is 24.6 Å². The predicted octanol–water partition coefficient (Wildman–Crippen LogP) is 2.49. The number of imidazole rings is 1. The quantitative estimate of drug-likeness (QED) is 0.490. The van der Waals surface area contributed by atoms with E-state index in [-0.39, 0.29) is 12.3 Å². The number of hydrogen-bond acceptors (Lipinski definition) is 6. The predicted molar refractivity (Wildman–Crippen MR) is 101 cm³/mol. The molecule has 0 atom stereocenters. The lowest BCUT2D eigenvalue weighted by Gasteiger charge is -2.34. The summed E-state index contributed by atoms with van der Waals surface area (Å²) >= 11 is 0. The van der Waals surface area contributed by atoms with E-state index in [1.807, 2.05) is 0 Å². The van der Waals surface area contributed by atoms with Crippen molar-refractivity contribution in [2.24, 2.45) is 0 Å². The van der Waals surface area contributed by atoms with Crippen LogP contribution in [0.15, 0.2) is 30.9 Å². The lowest BCUT2D eigenvalue weighted by molar-refractivity contribution is 0.0327. The topological polar surface area (TPSA) is 100 Å². The molecule has 0 bridgehead atoms. The van der Waals surface area contributed by atoms with Gasteiger partial charge in [-0.25, -0.2) is 14.4 Å². The summed E-state index contributed by atoms with van der Waals surface area (Å²) in [7, 11) is 1.72. The molecule has 4 heterocycles. The standard InChI is InChI=1S/C19H19FN6O2/c1-28-13-3-11(4-13)24-19-23-7-15-14(6-21-17(15)25-19)10-2-16(20)18-22-5-12(9-27)26(18)8-10/h2,5-8,11,13,27H,3-4,9H2,1H3,(H2,21,23,24,25). The molecule has 28 heavy (non-hydrogen) atoms. The number of anilines is 1. The van der Waals surface area contributed by atoms with E-state index < -0.39 is 5.82 Å². The van der Waals surface area contributed by atoms with Crippen LogP contribution in [0.25, 0.3) is 27.8 Å². The van der Waals surface area contributed by atoms with Gasteiger partial charge in [-0.3, -0.25) is 4.40 Å². The van der Waals surface area contributed by atoms with E-state index in [4.69, 9.17) is 4.74 Å². The van der Waals surface area contributed by atoms with Crippen LogP contribution in [0.3, 0.4) is 0 Å². The van der Waals surface area contributed by atoms with Gasteiger partial charge in [-0.05, 0) is 18.9 Å². The molecule has 0 amide bonds. The second-order valence-corrected chi connectivity index (χ2v) is 7.01. The Morgan fingerprint density at radius 2 is 2.21 bits per heavy atom. The van der Waals surface area contributed by atoms with Gasteiger partial charge in [0.15, 0.2) is 11.5 Å². The van der Waals surface area contributed by atoms with Gasteiger partial charge in [0, 0.05) is 48.3 Å². The second kappa shape index (κ2) is 6.54. The number of ether oxygens (including phenoxy) is 1. The third-order valence-corrected chi connectivity index (χ3v) is 5.30. The van der Waals surface area contributed by atoms with Crippen LogP contribution in [0.1, 0.15) is 18.5 Å². The molecule has 0 aliphatic heterocycles. The molecule has 1 aliphatic carbocycles. The van der Waals surface area contributed by atoms with Crippen LogP contribution in [0.5, 0.6) is 0 Å². The number of rotatable bonds is 5. The fourth-order valence-corrected chi connectivity index (χ4v) is 3.63. The maximum atomic E-state index is 14.5. The highest BCUT2D eigenvalue weighted by Gasteiger charge is 2.29. The highest BCUT2D eigenvalue weighted by atomic mass is 19.1. The highest BCUT2D eigenvalue weighted by molar-refractivity contribution is 5.93. The Morgan fingerprint density at radius 1 is 1.36 bits per heavy atom.